The van der Waals surface area contributed by atoms with Gasteiger partial charge < -0.3 is 18.6 Å². The molecule has 0 bridgehead atoms. The van der Waals surface area contributed by atoms with E-state index in [0.29, 0.717) is 35.7 Å². The minimum absolute atomic E-state index is 0.0988. The molecular weight excluding hydrogens is 464 g/mol. The summed E-state index contributed by atoms with van der Waals surface area (Å²) in [5, 5.41) is 0.673. The van der Waals surface area contributed by atoms with Crippen molar-refractivity contribution in [3.8, 4) is 17.2 Å². The number of allylic oxidation sites excluding steroid dienone is 6. The Balaban J connectivity index is 2.21. The molecule has 0 radical (unpaired) electrons. The molecule has 0 saturated carbocycles. The minimum atomic E-state index is -0.562. The molecular formula is C32H44O5. The van der Waals surface area contributed by atoms with Crippen LogP contribution in [-0.4, -0.2) is 19.3 Å². The Hall–Kier alpha value is -3.21. The van der Waals surface area contributed by atoms with E-state index in [0.717, 1.165) is 25.7 Å². The molecule has 5 heteroatoms. The molecule has 0 amide bonds. The number of benzene rings is 1. The van der Waals surface area contributed by atoms with E-state index in [9.17, 15) is 4.79 Å². The third-order valence-electron chi connectivity index (χ3n) is 5.67. The van der Waals surface area contributed by atoms with Crippen LogP contribution in [0, 0.1) is 0 Å². The molecule has 0 aliphatic heterocycles. The van der Waals surface area contributed by atoms with Gasteiger partial charge in [-0.25, -0.2) is 4.79 Å². The maximum Gasteiger partial charge on any atom is 0.383 e. The molecule has 0 fully saturated rings. The first-order valence-electron chi connectivity index (χ1n) is 13.2. The molecule has 1 aromatic heterocycles. The highest BCUT2D eigenvalue weighted by molar-refractivity contribution is 5.86. The van der Waals surface area contributed by atoms with Crippen molar-refractivity contribution in [2.45, 2.75) is 87.2 Å². The molecule has 1 heterocycles. The largest absolute Gasteiger partial charge is 0.489 e. The summed E-state index contributed by atoms with van der Waals surface area (Å²) in [6, 6.07) is 5.45. The van der Waals surface area contributed by atoms with E-state index in [-0.39, 0.29) is 11.9 Å². The number of hydrogen-bond donors (Lipinski definition) is 0. The lowest BCUT2D eigenvalue weighted by atomic mass is 10.1. The number of hydrogen-bond acceptors (Lipinski definition) is 5. The van der Waals surface area contributed by atoms with E-state index in [2.05, 4.69) is 59.8 Å². The van der Waals surface area contributed by atoms with Crippen LogP contribution in [0.2, 0.25) is 0 Å². The van der Waals surface area contributed by atoms with E-state index in [1.807, 2.05) is 32.1 Å². The van der Waals surface area contributed by atoms with Gasteiger partial charge in [0.25, 0.3) is 0 Å². The number of fused-ring (bicyclic) bond motifs is 1. The highest BCUT2D eigenvalue weighted by Crippen LogP contribution is 2.35. The van der Waals surface area contributed by atoms with Gasteiger partial charge in [0.2, 0.25) is 5.75 Å². The van der Waals surface area contributed by atoms with Crippen molar-refractivity contribution < 1.29 is 18.6 Å². The second kappa shape index (κ2) is 15.1. The summed E-state index contributed by atoms with van der Waals surface area (Å²) in [5.74, 6) is 1.12. The van der Waals surface area contributed by atoms with Crippen LogP contribution >= 0.6 is 0 Å². The normalized spacial score (nSPS) is 12.0. The van der Waals surface area contributed by atoms with Crippen molar-refractivity contribution in [1.82, 2.24) is 0 Å². The third kappa shape index (κ3) is 10.7. The van der Waals surface area contributed by atoms with Crippen LogP contribution < -0.4 is 19.8 Å². The van der Waals surface area contributed by atoms with Crippen LogP contribution in [0.4, 0.5) is 0 Å². The molecule has 1 aromatic carbocycles. The van der Waals surface area contributed by atoms with Crippen LogP contribution in [0.15, 0.2) is 74.0 Å². The van der Waals surface area contributed by atoms with Gasteiger partial charge in [-0.15, -0.1) is 0 Å². The molecule has 0 aliphatic carbocycles. The molecule has 2 rings (SSSR count). The first kappa shape index (κ1) is 30.0. The minimum Gasteiger partial charge on any atom is -0.489 e. The first-order valence-corrected chi connectivity index (χ1v) is 13.2. The first-order chi connectivity index (χ1) is 17.6. The van der Waals surface area contributed by atoms with Crippen molar-refractivity contribution in [2.24, 2.45) is 0 Å². The van der Waals surface area contributed by atoms with Crippen LogP contribution in [0.3, 0.4) is 0 Å². The molecule has 5 nitrogen and oxygen atoms in total. The van der Waals surface area contributed by atoms with E-state index in [1.165, 1.54) is 22.3 Å². The van der Waals surface area contributed by atoms with Gasteiger partial charge in [0, 0.05) is 6.07 Å². The Morgan fingerprint density at radius 1 is 0.811 bits per heavy atom. The van der Waals surface area contributed by atoms with E-state index < -0.39 is 5.63 Å². The Morgan fingerprint density at radius 2 is 1.38 bits per heavy atom. The van der Waals surface area contributed by atoms with E-state index in [4.69, 9.17) is 18.6 Å². The highest BCUT2D eigenvalue weighted by Gasteiger charge is 2.19. The quantitative estimate of drug-likeness (QED) is 0.189. The molecule has 37 heavy (non-hydrogen) atoms. The van der Waals surface area contributed by atoms with Crippen LogP contribution in [0.1, 0.15) is 81.1 Å². The molecule has 2 aromatic rings. The summed E-state index contributed by atoms with van der Waals surface area (Å²) < 4.78 is 23.4. The van der Waals surface area contributed by atoms with Gasteiger partial charge in [0.1, 0.15) is 24.5 Å². The zero-order valence-electron chi connectivity index (χ0n) is 23.9. The predicted molar refractivity (Wildman–Crippen MR) is 154 cm³/mol. The summed E-state index contributed by atoms with van der Waals surface area (Å²) in [5.41, 5.74) is 5.00. The molecule has 0 atom stereocenters. The topological polar surface area (TPSA) is 57.9 Å². The summed E-state index contributed by atoms with van der Waals surface area (Å²) in [6.07, 6.45) is 12.4. The van der Waals surface area contributed by atoms with Gasteiger partial charge in [-0.2, -0.15) is 0 Å². The van der Waals surface area contributed by atoms with Crippen LogP contribution in [0.5, 0.6) is 17.2 Å². The van der Waals surface area contributed by atoms with Crippen molar-refractivity contribution in [2.75, 3.05) is 13.2 Å². The predicted octanol–water partition coefficient (Wildman–Crippen LogP) is 8.72. The summed E-state index contributed by atoms with van der Waals surface area (Å²) in [4.78, 5) is 12.8. The van der Waals surface area contributed by atoms with Gasteiger partial charge in [-0.3, -0.25) is 0 Å². The second-order valence-corrected chi connectivity index (χ2v) is 10.2. The highest BCUT2D eigenvalue weighted by atomic mass is 16.5. The Labute approximate surface area is 222 Å². The van der Waals surface area contributed by atoms with E-state index in [1.54, 1.807) is 6.07 Å². The lowest BCUT2D eigenvalue weighted by Gasteiger charge is -2.15. The van der Waals surface area contributed by atoms with Crippen molar-refractivity contribution in [1.29, 1.82) is 0 Å². The third-order valence-corrected chi connectivity index (χ3v) is 5.67. The van der Waals surface area contributed by atoms with Crippen LogP contribution in [-0.2, 0) is 0 Å². The zero-order chi connectivity index (χ0) is 27.4. The summed E-state index contributed by atoms with van der Waals surface area (Å²) in [6.45, 7) is 17.1. The zero-order valence-corrected chi connectivity index (χ0v) is 23.9. The Bertz CT molecular complexity index is 1200. The van der Waals surface area contributed by atoms with Gasteiger partial charge in [-0.1, -0.05) is 34.4 Å². The maximum absolute atomic E-state index is 12.8. The monoisotopic (exact) mass is 508 g/mol. The van der Waals surface area contributed by atoms with E-state index >= 15 is 0 Å². The second-order valence-electron chi connectivity index (χ2n) is 10.2. The smallest absolute Gasteiger partial charge is 0.383 e. The Kier molecular flexibility index (Phi) is 12.3. The number of rotatable bonds is 14. The van der Waals surface area contributed by atoms with Gasteiger partial charge in [0.05, 0.1) is 11.5 Å². The van der Waals surface area contributed by atoms with Crippen molar-refractivity contribution in [3.63, 3.8) is 0 Å². The maximum atomic E-state index is 12.8. The lowest BCUT2D eigenvalue weighted by Crippen LogP contribution is -2.15. The van der Waals surface area contributed by atoms with Gasteiger partial charge >= 0.3 is 5.63 Å². The molecule has 0 aliphatic rings. The molecule has 0 saturated heterocycles. The summed E-state index contributed by atoms with van der Waals surface area (Å²) in [7, 11) is 0. The average Bonchev–Trinajstić information content (AvgIpc) is 2.80. The molecule has 0 spiro atoms. The molecule has 0 N–H and O–H groups in total. The Morgan fingerprint density at radius 3 is 1.92 bits per heavy atom. The fourth-order valence-corrected chi connectivity index (χ4v) is 3.63. The van der Waals surface area contributed by atoms with Gasteiger partial charge in [-0.05, 0) is 105 Å². The van der Waals surface area contributed by atoms with Crippen molar-refractivity contribution in [3.05, 3.63) is 75.2 Å². The van der Waals surface area contributed by atoms with Crippen LogP contribution in [0.25, 0.3) is 11.0 Å². The summed E-state index contributed by atoms with van der Waals surface area (Å²) >= 11 is 0. The number of ether oxygens (including phenoxy) is 3. The molecule has 0 unspecified atom stereocenters. The standard InChI is InChI=1S/C32H44O5/c1-22(2)11-9-13-25(7)17-19-34-27-15-16-28-29(21-27)37-32(33)31(36-24(5)6)30(28)35-20-18-26(8)14-10-12-23(3)4/h11-12,15-18,21,24H,9-10,13-14,19-20H2,1-8H3. The SMILES string of the molecule is CC(C)=CCCC(C)=CCOc1ccc2c(OCC=C(C)CCC=C(C)C)c(OC(C)C)c(=O)oc2c1. The molecule has 202 valence electrons. The van der Waals surface area contributed by atoms with Crippen molar-refractivity contribution >= 4 is 11.0 Å². The lowest BCUT2D eigenvalue weighted by molar-refractivity contribution is 0.216. The average molecular weight is 509 g/mol. The van der Waals surface area contributed by atoms with Gasteiger partial charge in [0.15, 0.2) is 5.75 Å². The fraction of sp³-hybridized carbons (Fsp3) is 0.469. The fourth-order valence-electron chi connectivity index (χ4n) is 3.63.